The van der Waals surface area contributed by atoms with Crippen molar-refractivity contribution in [3.8, 4) is 17.2 Å². The van der Waals surface area contributed by atoms with E-state index in [1.54, 1.807) is 18.5 Å². The molecule has 4 aromatic rings. The molecule has 7 nitrogen and oxygen atoms in total. The van der Waals surface area contributed by atoms with E-state index in [9.17, 15) is 4.79 Å². The Kier molecular flexibility index (Phi) is 5.44. The molecule has 0 N–H and O–H groups in total. The largest absolute Gasteiger partial charge is 0.492 e. The minimum absolute atomic E-state index is 0.102. The molecule has 1 aliphatic heterocycles. The van der Waals surface area contributed by atoms with Crippen molar-refractivity contribution in [2.75, 3.05) is 45.9 Å². The standard InChI is InChI=1S/C24H26N4O3/c1-2-26-8-10-27(11-9-26)12-13-30-19-5-6-23-20(15-19)22(29)16-24(31-23)21-14-18-4-3-7-28(18)17-25-21/h3-7,14-17H,2,8-13H2,1H3. The second-order valence-corrected chi connectivity index (χ2v) is 7.87. The van der Waals surface area contributed by atoms with Gasteiger partial charge in [0.15, 0.2) is 11.2 Å². The fraction of sp³-hybridized carbons (Fsp3) is 0.333. The second-order valence-electron chi connectivity index (χ2n) is 7.87. The molecular formula is C24H26N4O3. The van der Waals surface area contributed by atoms with Gasteiger partial charge in [0.2, 0.25) is 0 Å². The number of hydrogen-bond acceptors (Lipinski definition) is 6. The van der Waals surface area contributed by atoms with Gasteiger partial charge in [-0.2, -0.15) is 0 Å². The fourth-order valence-electron chi connectivity index (χ4n) is 4.04. The molecule has 0 unspecified atom stereocenters. The minimum Gasteiger partial charge on any atom is -0.492 e. The van der Waals surface area contributed by atoms with Crippen LogP contribution >= 0.6 is 0 Å². The molecule has 4 heterocycles. The first-order chi connectivity index (χ1) is 15.2. The van der Waals surface area contributed by atoms with Crippen LogP contribution in [0.3, 0.4) is 0 Å². The van der Waals surface area contributed by atoms with E-state index in [0.717, 1.165) is 44.8 Å². The van der Waals surface area contributed by atoms with Gasteiger partial charge in [0.05, 0.1) is 11.7 Å². The van der Waals surface area contributed by atoms with E-state index in [0.29, 0.717) is 34.8 Å². The number of hydrogen-bond donors (Lipinski definition) is 0. The van der Waals surface area contributed by atoms with E-state index in [1.807, 2.05) is 34.9 Å². The van der Waals surface area contributed by atoms with E-state index >= 15 is 0 Å². The molecule has 7 heteroatoms. The Morgan fingerprint density at radius 2 is 1.90 bits per heavy atom. The molecule has 31 heavy (non-hydrogen) atoms. The van der Waals surface area contributed by atoms with Gasteiger partial charge < -0.3 is 18.5 Å². The third-order valence-corrected chi connectivity index (χ3v) is 5.96. The first-order valence-electron chi connectivity index (χ1n) is 10.8. The van der Waals surface area contributed by atoms with E-state index < -0.39 is 0 Å². The van der Waals surface area contributed by atoms with Gasteiger partial charge in [-0.25, -0.2) is 4.98 Å². The van der Waals surface area contributed by atoms with Gasteiger partial charge >= 0.3 is 0 Å². The number of nitrogens with zero attached hydrogens (tertiary/aromatic N) is 4. The summed E-state index contributed by atoms with van der Waals surface area (Å²) in [6.45, 7) is 9.18. The van der Waals surface area contributed by atoms with Gasteiger partial charge in [-0.05, 0) is 42.9 Å². The van der Waals surface area contributed by atoms with Crippen LogP contribution in [0.1, 0.15) is 6.92 Å². The maximum atomic E-state index is 12.8. The van der Waals surface area contributed by atoms with Crippen LogP contribution in [0.5, 0.6) is 5.75 Å². The molecule has 1 fully saturated rings. The fourth-order valence-corrected chi connectivity index (χ4v) is 4.04. The van der Waals surface area contributed by atoms with Crippen molar-refractivity contribution >= 4 is 16.5 Å². The van der Waals surface area contributed by atoms with Gasteiger partial charge in [0.1, 0.15) is 23.6 Å². The van der Waals surface area contributed by atoms with Crippen molar-refractivity contribution < 1.29 is 9.15 Å². The zero-order valence-electron chi connectivity index (χ0n) is 17.7. The molecule has 0 aliphatic carbocycles. The van der Waals surface area contributed by atoms with Gasteiger partial charge in [-0.3, -0.25) is 9.69 Å². The zero-order valence-corrected chi connectivity index (χ0v) is 17.7. The summed E-state index contributed by atoms with van der Waals surface area (Å²) in [5, 5.41) is 0.515. The molecule has 1 aromatic carbocycles. The number of benzene rings is 1. The monoisotopic (exact) mass is 418 g/mol. The summed E-state index contributed by atoms with van der Waals surface area (Å²) in [6.07, 6.45) is 3.64. The Morgan fingerprint density at radius 3 is 2.74 bits per heavy atom. The average Bonchev–Trinajstić information content (AvgIpc) is 3.28. The maximum Gasteiger partial charge on any atom is 0.193 e. The molecule has 3 aromatic heterocycles. The van der Waals surface area contributed by atoms with Gasteiger partial charge in [0.25, 0.3) is 0 Å². The molecule has 0 atom stereocenters. The first-order valence-corrected chi connectivity index (χ1v) is 10.8. The SMILES string of the molecule is CCN1CCN(CCOc2ccc3oc(-c4cc5cccn5cn4)cc(=O)c3c2)CC1. The van der Waals surface area contributed by atoms with E-state index in [-0.39, 0.29) is 5.43 Å². The van der Waals surface area contributed by atoms with Crippen LogP contribution in [0.15, 0.2) is 64.2 Å². The highest BCUT2D eigenvalue weighted by molar-refractivity contribution is 5.80. The van der Waals surface area contributed by atoms with Crippen LogP contribution in [-0.4, -0.2) is 65.1 Å². The lowest BCUT2D eigenvalue weighted by Crippen LogP contribution is -2.47. The molecule has 0 amide bonds. The van der Waals surface area contributed by atoms with Crippen molar-refractivity contribution in [1.29, 1.82) is 0 Å². The van der Waals surface area contributed by atoms with E-state index in [4.69, 9.17) is 9.15 Å². The predicted molar refractivity (Wildman–Crippen MR) is 121 cm³/mol. The van der Waals surface area contributed by atoms with Gasteiger partial charge in [-0.1, -0.05) is 6.92 Å². The molecule has 0 radical (unpaired) electrons. The number of fused-ring (bicyclic) bond motifs is 2. The number of aromatic nitrogens is 2. The summed E-state index contributed by atoms with van der Waals surface area (Å²) in [5.74, 6) is 1.15. The van der Waals surface area contributed by atoms with Crippen molar-refractivity contribution in [2.24, 2.45) is 0 Å². The molecular weight excluding hydrogens is 392 g/mol. The summed E-state index contributed by atoms with van der Waals surface area (Å²) in [6, 6.07) is 12.8. The Balaban J connectivity index is 1.29. The Labute approximate surface area is 180 Å². The summed E-state index contributed by atoms with van der Waals surface area (Å²) in [4.78, 5) is 22.0. The van der Waals surface area contributed by atoms with Crippen molar-refractivity contribution in [2.45, 2.75) is 6.92 Å². The van der Waals surface area contributed by atoms with E-state index in [1.165, 1.54) is 6.07 Å². The summed E-state index contributed by atoms with van der Waals surface area (Å²) in [5.41, 5.74) is 2.05. The lowest BCUT2D eigenvalue weighted by Gasteiger charge is -2.33. The average molecular weight is 418 g/mol. The molecule has 1 aliphatic rings. The molecule has 1 saturated heterocycles. The highest BCUT2D eigenvalue weighted by Crippen LogP contribution is 2.24. The van der Waals surface area contributed by atoms with Crippen LogP contribution in [0.25, 0.3) is 27.9 Å². The van der Waals surface area contributed by atoms with Crippen LogP contribution < -0.4 is 10.2 Å². The predicted octanol–water partition coefficient (Wildman–Crippen LogP) is 3.12. The zero-order chi connectivity index (χ0) is 21.2. The van der Waals surface area contributed by atoms with Crippen molar-refractivity contribution in [3.63, 3.8) is 0 Å². The normalized spacial score (nSPS) is 15.6. The Hall–Kier alpha value is -3.16. The van der Waals surface area contributed by atoms with Crippen LogP contribution in [0.4, 0.5) is 0 Å². The number of rotatable bonds is 6. The van der Waals surface area contributed by atoms with E-state index in [2.05, 4.69) is 21.7 Å². The van der Waals surface area contributed by atoms with Crippen LogP contribution in [-0.2, 0) is 0 Å². The molecule has 0 bridgehead atoms. The molecule has 160 valence electrons. The first kappa shape index (κ1) is 19.8. The molecule has 0 saturated carbocycles. The van der Waals surface area contributed by atoms with Gasteiger partial charge in [0, 0.05) is 50.5 Å². The van der Waals surface area contributed by atoms with Gasteiger partial charge in [-0.15, -0.1) is 0 Å². The minimum atomic E-state index is -0.102. The maximum absolute atomic E-state index is 12.8. The highest BCUT2D eigenvalue weighted by Gasteiger charge is 2.15. The Morgan fingerprint density at radius 1 is 1.06 bits per heavy atom. The lowest BCUT2D eigenvalue weighted by molar-refractivity contribution is 0.121. The number of piperazine rings is 1. The lowest BCUT2D eigenvalue weighted by atomic mass is 10.2. The number of likely N-dealkylation sites (N-methyl/N-ethyl adjacent to an activating group) is 1. The van der Waals surface area contributed by atoms with Crippen molar-refractivity contribution in [3.05, 3.63) is 65.2 Å². The molecule has 0 spiro atoms. The molecule has 5 rings (SSSR count). The Bertz CT molecular complexity index is 1250. The highest BCUT2D eigenvalue weighted by atomic mass is 16.5. The number of ether oxygens (including phenoxy) is 1. The van der Waals surface area contributed by atoms with Crippen LogP contribution in [0, 0.1) is 0 Å². The topological polar surface area (TPSA) is 63.2 Å². The summed E-state index contributed by atoms with van der Waals surface area (Å²) in [7, 11) is 0. The second kappa shape index (κ2) is 8.53. The van der Waals surface area contributed by atoms with Crippen LogP contribution in [0.2, 0.25) is 0 Å². The third kappa shape index (κ3) is 4.19. The summed E-state index contributed by atoms with van der Waals surface area (Å²) < 4.78 is 13.8. The summed E-state index contributed by atoms with van der Waals surface area (Å²) >= 11 is 0. The smallest absolute Gasteiger partial charge is 0.193 e. The third-order valence-electron chi connectivity index (χ3n) is 5.96. The quantitative estimate of drug-likeness (QED) is 0.479. The van der Waals surface area contributed by atoms with Crippen molar-refractivity contribution in [1.82, 2.24) is 19.2 Å².